The van der Waals surface area contributed by atoms with E-state index in [1.54, 1.807) is 31.2 Å². The van der Waals surface area contributed by atoms with Crippen molar-refractivity contribution in [2.75, 3.05) is 13.7 Å². The van der Waals surface area contributed by atoms with E-state index >= 15 is 0 Å². The molecule has 2 N–H and O–H groups in total. The van der Waals surface area contributed by atoms with E-state index in [9.17, 15) is 14.4 Å². The van der Waals surface area contributed by atoms with E-state index in [2.05, 4.69) is 10.9 Å². The first kappa shape index (κ1) is 18.0. The molecular weight excluding hydrogens is 324 g/mol. The second-order valence-electron chi connectivity index (χ2n) is 5.13. The third-order valence-electron chi connectivity index (χ3n) is 3.39. The van der Waals surface area contributed by atoms with Crippen molar-refractivity contribution >= 4 is 18.1 Å². The van der Waals surface area contributed by atoms with Crippen molar-refractivity contribution in [1.82, 2.24) is 10.9 Å². The van der Waals surface area contributed by atoms with E-state index in [4.69, 9.17) is 9.47 Å². The number of carbonyl (C=O) groups excluding carboxylic acids is 3. The van der Waals surface area contributed by atoms with Crippen LogP contribution in [0.4, 0.5) is 0 Å². The molecule has 2 aromatic rings. The second-order valence-corrected chi connectivity index (χ2v) is 5.13. The Balaban J connectivity index is 1.88. The lowest BCUT2D eigenvalue weighted by molar-refractivity contribution is -0.123. The number of benzene rings is 2. The van der Waals surface area contributed by atoms with Crippen LogP contribution in [0.5, 0.6) is 11.5 Å². The molecule has 130 valence electrons. The predicted molar refractivity (Wildman–Crippen MR) is 90.7 cm³/mol. The molecule has 7 nitrogen and oxygen atoms in total. The number of nitrogens with one attached hydrogen (secondary N) is 2. The minimum Gasteiger partial charge on any atom is -0.493 e. The molecule has 7 heteroatoms. The molecule has 0 radical (unpaired) electrons. The van der Waals surface area contributed by atoms with Gasteiger partial charge in [-0.2, -0.15) is 0 Å². The number of aryl methyl sites for hydroxylation is 1. The van der Waals surface area contributed by atoms with E-state index in [0.717, 1.165) is 5.56 Å². The quantitative estimate of drug-likeness (QED) is 0.615. The molecule has 0 aliphatic heterocycles. The van der Waals surface area contributed by atoms with Crippen molar-refractivity contribution in [2.24, 2.45) is 0 Å². The zero-order chi connectivity index (χ0) is 18.2. The van der Waals surface area contributed by atoms with Crippen LogP contribution in [0.15, 0.2) is 42.5 Å². The summed E-state index contributed by atoms with van der Waals surface area (Å²) in [5.41, 5.74) is 6.30. The fraction of sp³-hybridized carbons (Fsp3) is 0.167. The first-order chi connectivity index (χ1) is 12.0. The zero-order valence-electron chi connectivity index (χ0n) is 13.9. The van der Waals surface area contributed by atoms with E-state index in [0.29, 0.717) is 28.9 Å². The molecule has 0 unspecified atom stereocenters. The maximum atomic E-state index is 12.0. The largest absolute Gasteiger partial charge is 0.493 e. The van der Waals surface area contributed by atoms with Crippen molar-refractivity contribution in [3.8, 4) is 11.5 Å². The smallest absolute Gasteiger partial charge is 0.276 e. The van der Waals surface area contributed by atoms with Gasteiger partial charge in [0.15, 0.2) is 18.1 Å². The number of rotatable bonds is 6. The van der Waals surface area contributed by atoms with Crippen LogP contribution in [0.25, 0.3) is 0 Å². The summed E-state index contributed by atoms with van der Waals surface area (Å²) in [6, 6.07) is 11.6. The van der Waals surface area contributed by atoms with Gasteiger partial charge in [0.25, 0.3) is 11.8 Å². The highest BCUT2D eigenvalue weighted by Crippen LogP contribution is 2.27. The first-order valence-electron chi connectivity index (χ1n) is 7.46. The van der Waals surface area contributed by atoms with Gasteiger partial charge < -0.3 is 9.47 Å². The summed E-state index contributed by atoms with van der Waals surface area (Å²) in [5, 5.41) is 0. The molecule has 0 spiro atoms. The fourth-order valence-corrected chi connectivity index (χ4v) is 2.08. The van der Waals surface area contributed by atoms with Crippen LogP contribution in [-0.2, 0) is 4.79 Å². The lowest BCUT2D eigenvalue weighted by Crippen LogP contribution is -2.44. The Morgan fingerprint density at radius 2 is 1.84 bits per heavy atom. The lowest BCUT2D eigenvalue weighted by atomic mass is 10.1. The highest BCUT2D eigenvalue weighted by atomic mass is 16.5. The van der Waals surface area contributed by atoms with Crippen LogP contribution in [0, 0.1) is 6.92 Å². The molecule has 0 aromatic heterocycles. The van der Waals surface area contributed by atoms with Crippen molar-refractivity contribution in [3.63, 3.8) is 0 Å². The Labute approximate surface area is 144 Å². The number of methoxy groups -OCH3 is 1. The van der Waals surface area contributed by atoms with E-state index < -0.39 is 11.8 Å². The Kier molecular flexibility index (Phi) is 6.11. The Bertz CT molecular complexity index is 789. The minimum absolute atomic E-state index is 0.313. The summed E-state index contributed by atoms with van der Waals surface area (Å²) in [5.74, 6) is -0.308. The zero-order valence-corrected chi connectivity index (χ0v) is 13.9. The molecule has 2 rings (SSSR count). The van der Waals surface area contributed by atoms with Gasteiger partial charge in [0, 0.05) is 11.1 Å². The van der Waals surface area contributed by atoms with Crippen LogP contribution in [0.1, 0.15) is 26.3 Å². The number of ether oxygens (including phenoxy) is 2. The van der Waals surface area contributed by atoms with Crippen molar-refractivity contribution in [3.05, 3.63) is 59.2 Å². The summed E-state index contributed by atoms with van der Waals surface area (Å²) in [7, 11) is 1.43. The molecular formula is C18H18N2O5. The number of hydrogen-bond donors (Lipinski definition) is 2. The maximum Gasteiger partial charge on any atom is 0.276 e. The lowest BCUT2D eigenvalue weighted by Gasteiger charge is -2.12. The Hall–Kier alpha value is -3.35. The molecule has 0 atom stereocenters. The SMILES string of the molecule is COc1cc(C=O)ccc1OCC(=O)NNC(=O)c1ccccc1C. The second kappa shape index (κ2) is 8.49. The minimum atomic E-state index is -0.538. The van der Waals surface area contributed by atoms with E-state index in [1.807, 2.05) is 6.07 Å². The summed E-state index contributed by atoms with van der Waals surface area (Å²) in [4.78, 5) is 34.5. The number of carbonyl (C=O) groups is 3. The fourth-order valence-electron chi connectivity index (χ4n) is 2.08. The van der Waals surface area contributed by atoms with Gasteiger partial charge in [-0.1, -0.05) is 18.2 Å². The van der Waals surface area contributed by atoms with Gasteiger partial charge >= 0.3 is 0 Å². The van der Waals surface area contributed by atoms with E-state index in [1.165, 1.54) is 19.2 Å². The monoisotopic (exact) mass is 342 g/mol. The predicted octanol–water partition coefficient (Wildman–Crippen LogP) is 1.66. The third-order valence-corrected chi connectivity index (χ3v) is 3.39. The highest BCUT2D eigenvalue weighted by molar-refractivity contribution is 5.96. The standard InChI is InChI=1S/C18H18N2O5/c1-12-5-3-4-6-14(12)18(23)20-19-17(22)11-25-15-8-7-13(10-21)9-16(15)24-2/h3-10H,11H2,1-2H3,(H,19,22)(H,20,23). The van der Waals surface area contributed by atoms with Gasteiger partial charge in [-0.25, -0.2) is 0 Å². The number of amides is 2. The normalized spacial score (nSPS) is 9.84. The van der Waals surface area contributed by atoms with Crippen LogP contribution in [-0.4, -0.2) is 31.8 Å². The van der Waals surface area contributed by atoms with E-state index in [-0.39, 0.29) is 6.61 Å². The first-order valence-corrected chi connectivity index (χ1v) is 7.46. The van der Waals surface area contributed by atoms with Gasteiger partial charge in [-0.15, -0.1) is 0 Å². The van der Waals surface area contributed by atoms with Crippen molar-refractivity contribution < 1.29 is 23.9 Å². The average molecular weight is 342 g/mol. The van der Waals surface area contributed by atoms with Crippen molar-refractivity contribution in [1.29, 1.82) is 0 Å². The van der Waals surface area contributed by atoms with Gasteiger partial charge in [-0.05, 0) is 36.8 Å². The summed E-state index contributed by atoms with van der Waals surface area (Å²) in [6.45, 7) is 1.47. The molecule has 0 heterocycles. The molecule has 0 aliphatic rings. The third kappa shape index (κ3) is 4.81. The molecule has 0 saturated heterocycles. The van der Waals surface area contributed by atoms with Gasteiger partial charge in [-0.3, -0.25) is 25.2 Å². The molecule has 0 saturated carbocycles. The topological polar surface area (TPSA) is 93.7 Å². The molecule has 2 amide bonds. The summed E-state index contributed by atoms with van der Waals surface area (Å²) >= 11 is 0. The highest BCUT2D eigenvalue weighted by Gasteiger charge is 2.11. The van der Waals surface area contributed by atoms with Crippen LogP contribution < -0.4 is 20.3 Å². The molecule has 25 heavy (non-hydrogen) atoms. The van der Waals surface area contributed by atoms with Crippen LogP contribution in [0.2, 0.25) is 0 Å². The number of aldehydes is 1. The summed E-state index contributed by atoms with van der Waals surface area (Å²) in [6.07, 6.45) is 0.681. The summed E-state index contributed by atoms with van der Waals surface area (Å²) < 4.78 is 10.5. The Morgan fingerprint density at radius 1 is 1.08 bits per heavy atom. The maximum absolute atomic E-state index is 12.0. The van der Waals surface area contributed by atoms with Gasteiger partial charge in [0.05, 0.1) is 7.11 Å². The number of hydrazine groups is 1. The van der Waals surface area contributed by atoms with Gasteiger partial charge in [0.1, 0.15) is 6.29 Å². The van der Waals surface area contributed by atoms with Crippen molar-refractivity contribution in [2.45, 2.75) is 6.92 Å². The average Bonchev–Trinajstić information content (AvgIpc) is 2.64. The molecule has 0 fully saturated rings. The van der Waals surface area contributed by atoms with Crippen LogP contribution in [0.3, 0.4) is 0 Å². The Morgan fingerprint density at radius 3 is 2.52 bits per heavy atom. The number of hydrogen-bond acceptors (Lipinski definition) is 5. The van der Waals surface area contributed by atoms with Gasteiger partial charge in [0.2, 0.25) is 0 Å². The van der Waals surface area contributed by atoms with Crippen LogP contribution >= 0.6 is 0 Å². The molecule has 0 bridgehead atoms. The molecule has 0 aliphatic carbocycles. The molecule has 2 aromatic carbocycles.